The number of benzene rings is 2. The van der Waals surface area contributed by atoms with Crippen LogP contribution in [0.15, 0.2) is 6.07 Å². The van der Waals surface area contributed by atoms with Gasteiger partial charge in [0.1, 0.15) is 0 Å². The molecule has 0 N–H and O–H groups in total. The van der Waals surface area contributed by atoms with Crippen LogP contribution in [0.25, 0.3) is 10.8 Å². The first kappa shape index (κ1) is 14.9. The molecule has 2 aromatic carbocycles. The van der Waals surface area contributed by atoms with Crippen molar-refractivity contribution in [2.45, 2.75) is 0 Å². The molecule has 0 aliphatic rings. The van der Waals surface area contributed by atoms with Crippen molar-refractivity contribution in [1.29, 1.82) is 0 Å². The molecule has 0 nitrogen and oxygen atoms in total. The van der Waals surface area contributed by atoms with E-state index in [-0.39, 0.29) is 26.4 Å². The summed E-state index contributed by atoms with van der Waals surface area (Å²) in [6, 6.07) is 0.0503. The fourth-order valence-electron chi connectivity index (χ4n) is 1.40. The van der Waals surface area contributed by atoms with Gasteiger partial charge in [0.15, 0.2) is 40.7 Å². The molecular weight excluding hydrogens is 260 g/mol. The van der Waals surface area contributed by atoms with Crippen molar-refractivity contribution >= 4 is 10.8 Å². The zero-order chi connectivity index (χ0) is 12.9. The van der Waals surface area contributed by atoms with Crippen LogP contribution in [0.3, 0.4) is 0 Å². The van der Waals surface area contributed by atoms with Gasteiger partial charge in [0.05, 0.1) is 5.39 Å². The van der Waals surface area contributed by atoms with Gasteiger partial charge >= 0.3 is 18.9 Å². The minimum absolute atomic E-state index is 0. The Morgan fingerprint density at radius 2 is 1.06 bits per heavy atom. The fraction of sp³-hybridized carbons (Fsp3) is 0. The zero-order valence-electron chi connectivity index (χ0n) is 9.72. The summed E-state index contributed by atoms with van der Waals surface area (Å²) in [6.45, 7) is 0. The van der Waals surface area contributed by atoms with Crippen molar-refractivity contribution in [2.24, 2.45) is 0 Å². The van der Waals surface area contributed by atoms with E-state index in [0.717, 1.165) is 0 Å². The maximum atomic E-state index is 13.1. The van der Waals surface area contributed by atoms with Gasteiger partial charge in [-0.1, -0.05) is 0 Å². The Balaban J connectivity index is 0.00000162. The first-order valence-electron chi connectivity index (χ1n) is 4.15. The van der Waals surface area contributed by atoms with Crippen LogP contribution in [0.4, 0.5) is 30.7 Å². The quantitative estimate of drug-likeness (QED) is 0.287. The van der Waals surface area contributed by atoms with E-state index in [0.29, 0.717) is 0 Å². The van der Waals surface area contributed by atoms with Gasteiger partial charge in [0, 0.05) is 5.39 Å². The van der Waals surface area contributed by atoms with Crippen molar-refractivity contribution in [3.8, 4) is 0 Å². The predicted molar refractivity (Wildman–Crippen MR) is 44.8 cm³/mol. The average molecular weight is 262 g/mol. The fourth-order valence-corrected chi connectivity index (χ4v) is 1.40. The van der Waals surface area contributed by atoms with Crippen molar-refractivity contribution in [2.75, 3.05) is 0 Å². The van der Waals surface area contributed by atoms with Crippen LogP contribution >= 0.6 is 0 Å². The number of hydrogen-bond acceptors (Lipinski definition) is 0. The average Bonchev–Trinajstić information content (AvgIpc) is 2.30. The van der Waals surface area contributed by atoms with E-state index in [1.54, 1.807) is 0 Å². The van der Waals surface area contributed by atoms with E-state index >= 15 is 0 Å². The SMILES string of the molecule is Fc1cc2c(F)c(F)c(F)c(F)c2c(F)c1F.[H-].[Li+]. The van der Waals surface area contributed by atoms with Crippen molar-refractivity contribution in [1.82, 2.24) is 0 Å². The molecule has 0 fully saturated rings. The van der Waals surface area contributed by atoms with Crippen LogP contribution in [0.1, 0.15) is 1.43 Å². The van der Waals surface area contributed by atoms with Gasteiger partial charge in [-0.05, 0) is 6.07 Å². The van der Waals surface area contributed by atoms with Gasteiger partial charge in [0.2, 0.25) is 0 Å². The molecule has 0 radical (unpaired) electrons. The molecule has 0 unspecified atom stereocenters. The van der Waals surface area contributed by atoms with Crippen LogP contribution < -0.4 is 18.9 Å². The summed E-state index contributed by atoms with van der Waals surface area (Å²) in [7, 11) is 0. The third kappa shape index (κ3) is 1.87. The monoisotopic (exact) mass is 262 g/mol. The van der Waals surface area contributed by atoms with E-state index in [2.05, 4.69) is 0 Å². The number of hydrogen-bond donors (Lipinski definition) is 0. The van der Waals surface area contributed by atoms with Crippen LogP contribution in [0.2, 0.25) is 0 Å². The molecule has 8 heteroatoms. The van der Waals surface area contributed by atoms with E-state index < -0.39 is 51.5 Å². The third-order valence-corrected chi connectivity index (χ3v) is 2.20. The summed E-state index contributed by atoms with van der Waals surface area (Å²) in [5, 5.41) is -2.68. The number of fused-ring (bicyclic) bond motifs is 1. The van der Waals surface area contributed by atoms with Gasteiger partial charge in [0.25, 0.3) is 0 Å². The Kier molecular flexibility index (Phi) is 3.98. The molecule has 0 saturated heterocycles. The van der Waals surface area contributed by atoms with Gasteiger partial charge in [-0.2, -0.15) is 0 Å². The molecule has 0 heterocycles. The molecule has 0 aliphatic carbocycles. The van der Waals surface area contributed by atoms with E-state index in [1.165, 1.54) is 0 Å². The molecule has 0 spiro atoms. The van der Waals surface area contributed by atoms with Crippen LogP contribution in [0.5, 0.6) is 0 Å². The molecular formula is C10H2F7Li. The summed E-state index contributed by atoms with van der Waals surface area (Å²) in [6.07, 6.45) is 0. The number of halogens is 7. The molecule has 2 aromatic rings. The maximum absolute atomic E-state index is 13.1. The second-order valence-corrected chi connectivity index (χ2v) is 3.16. The Morgan fingerprint density at radius 1 is 0.611 bits per heavy atom. The molecule has 0 atom stereocenters. The molecule has 0 saturated carbocycles. The van der Waals surface area contributed by atoms with Crippen molar-refractivity contribution < 1.29 is 51.0 Å². The smallest absolute Gasteiger partial charge is 1.00 e. The Bertz CT molecular complexity index is 636. The molecule has 0 bridgehead atoms. The second-order valence-electron chi connectivity index (χ2n) is 3.16. The van der Waals surface area contributed by atoms with Gasteiger partial charge < -0.3 is 1.43 Å². The second kappa shape index (κ2) is 4.82. The predicted octanol–water partition coefficient (Wildman–Crippen LogP) is 0.930. The minimum atomic E-state index is -2.29. The first-order chi connectivity index (χ1) is 7.86. The van der Waals surface area contributed by atoms with E-state index in [4.69, 9.17) is 0 Å². The van der Waals surface area contributed by atoms with Crippen molar-refractivity contribution in [3.05, 3.63) is 46.8 Å². The summed E-state index contributed by atoms with van der Waals surface area (Å²) in [5.74, 6) is -14.7. The standard InChI is InChI=1S/C10HF7.Li.H/c11-3-1-2-4(7(14)6(3)13)8(15)10(17)9(16)5(2)12;;/h1H;;/q;+1;-1. The molecule has 0 aromatic heterocycles. The molecule has 0 aliphatic heterocycles. The maximum Gasteiger partial charge on any atom is 1.00 e. The molecule has 92 valence electrons. The molecule has 2 rings (SSSR count). The zero-order valence-corrected chi connectivity index (χ0v) is 8.72. The summed E-state index contributed by atoms with van der Waals surface area (Å²) in [4.78, 5) is 0. The van der Waals surface area contributed by atoms with E-state index in [1.807, 2.05) is 0 Å². The Hall–Kier alpha value is -1.19. The minimum Gasteiger partial charge on any atom is -1.00 e. The summed E-state index contributed by atoms with van der Waals surface area (Å²) >= 11 is 0. The normalized spacial score (nSPS) is 10.6. The summed E-state index contributed by atoms with van der Waals surface area (Å²) in [5.41, 5.74) is 0. The molecule has 0 amide bonds. The van der Waals surface area contributed by atoms with Gasteiger partial charge in [-0.3, -0.25) is 0 Å². The topological polar surface area (TPSA) is 0 Å². The van der Waals surface area contributed by atoms with Crippen LogP contribution in [-0.2, 0) is 0 Å². The summed E-state index contributed by atoms with van der Waals surface area (Å²) < 4.78 is 90.3. The Morgan fingerprint density at radius 3 is 1.61 bits per heavy atom. The largest absolute Gasteiger partial charge is 1.00 e. The first-order valence-corrected chi connectivity index (χ1v) is 4.15. The molecule has 18 heavy (non-hydrogen) atoms. The van der Waals surface area contributed by atoms with Gasteiger partial charge in [-0.25, -0.2) is 30.7 Å². The van der Waals surface area contributed by atoms with Crippen LogP contribution in [0, 0.1) is 40.7 Å². The van der Waals surface area contributed by atoms with Gasteiger partial charge in [-0.15, -0.1) is 0 Å². The Labute approximate surface area is 109 Å². The van der Waals surface area contributed by atoms with Crippen LogP contribution in [-0.4, -0.2) is 0 Å². The van der Waals surface area contributed by atoms with Crippen molar-refractivity contribution in [3.63, 3.8) is 0 Å². The number of rotatable bonds is 0. The third-order valence-electron chi connectivity index (χ3n) is 2.20. The van der Waals surface area contributed by atoms with E-state index in [9.17, 15) is 30.7 Å².